The van der Waals surface area contributed by atoms with Crippen molar-refractivity contribution < 1.29 is 14.4 Å². The number of aromatic nitrogens is 3. The predicted molar refractivity (Wildman–Crippen MR) is 140 cm³/mol. The van der Waals surface area contributed by atoms with Crippen LogP contribution >= 0.6 is 0 Å². The van der Waals surface area contributed by atoms with E-state index in [1.807, 2.05) is 49.1 Å². The molecule has 0 bridgehead atoms. The maximum absolute atomic E-state index is 12.7. The van der Waals surface area contributed by atoms with Gasteiger partial charge < -0.3 is 20.4 Å². The number of hydrogen-bond acceptors (Lipinski definition) is 7. The molecule has 1 saturated heterocycles. The lowest BCUT2D eigenvalue weighted by Gasteiger charge is -2.34. The van der Waals surface area contributed by atoms with Gasteiger partial charge in [0, 0.05) is 68.5 Å². The summed E-state index contributed by atoms with van der Waals surface area (Å²) in [6.45, 7) is 8.82. The Kier molecular flexibility index (Phi) is 6.75. The highest BCUT2D eigenvalue weighted by atomic mass is 16.2. The SMILES string of the molecule is CC(=O)N1CCN(C(=O)Cc2ccc(Nc3nccc(-c4c(C)c5n(c4C)C(=O)CNC5)n3)cc2)CC1. The Balaban J connectivity index is 1.26. The molecule has 2 N–H and O–H groups in total. The molecule has 1 fully saturated rings. The van der Waals surface area contributed by atoms with E-state index in [9.17, 15) is 14.4 Å². The van der Waals surface area contributed by atoms with Gasteiger partial charge in [0.15, 0.2) is 0 Å². The summed E-state index contributed by atoms with van der Waals surface area (Å²) in [4.78, 5) is 49.3. The van der Waals surface area contributed by atoms with Crippen molar-refractivity contribution in [2.24, 2.45) is 0 Å². The van der Waals surface area contributed by atoms with E-state index in [2.05, 4.69) is 15.6 Å². The van der Waals surface area contributed by atoms with E-state index in [0.717, 1.165) is 39.5 Å². The number of nitrogens with one attached hydrogen (secondary N) is 2. The number of carbonyl (C=O) groups is 3. The van der Waals surface area contributed by atoms with Crippen LogP contribution in [-0.4, -0.2) is 74.8 Å². The minimum atomic E-state index is 0.0393. The molecule has 0 unspecified atom stereocenters. The molecule has 2 aliphatic rings. The third-order valence-corrected chi connectivity index (χ3v) is 7.15. The smallest absolute Gasteiger partial charge is 0.245 e. The van der Waals surface area contributed by atoms with Crippen LogP contribution in [0.1, 0.15) is 34.2 Å². The molecule has 1 aromatic carbocycles. The molecular weight excluding hydrogens is 470 g/mol. The van der Waals surface area contributed by atoms with Gasteiger partial charge in [-0.15, -0.1) is 0 Å². The quantitative estimate of drug-likeness (QED) is 0.552. The fourth-order valence-electron chi connectivity index (χ4n) is 5.14. The second-order valence-electron chi connectivity index (χ2n) is 9.52. The fraction of sp³-hybridized carbons (Fsp3) is 0.370. The first kappa shape index (κ1) is 24.6. The third-order valence-electron chi connectivity index (χ3n) is 7.15. The lowest BCUT2D eigenvalue weighted by atomic mass is 10.1. The van der Waals surface area contributed by atoms with E-state index < -0.39 is 0 Å². The van der Waals surface area contributed by atoms with E-state index in [4.69, 9.17) is 4.98 Å². The van der Waals surface area contributed by atoms with E-state index >= 15 is 0 Å². The first-order valence-electron chi connectivity index (χ1n) is 12.5. The van der Waals surface area contributed by atoms with Gasteiger partial charge >= 0.3 is 0 Å². The maximum atomic E-state index is 12.7. The summed E-state index contributed by atoms with van der Waals surface area (Å²) in [7, 11) is 0. The Bertz CT molecular complexity index is 1360. The number of carbonyl (C=O) groups excluding carboxylic acids is 3. The molecule has 0 spiro atoms. The number of rotatable bonds is 5. The summed E-state index contributed by atoms with van der Waals surface area (Å²) in [6, 6.07) is 9.51. The Morgan fingerprint density at radius 1 is 1.00 bits per heavy atom. The van der Waals surface area contributed by atoms with Gasteiger partial charge in [0.25, 0.3) is 0 Å². The topological polar surface area (TPSA) is 112 Å². The van der Waals surface area contributed by atoms with Gasteiger partial charge in [0.1, 0.15) is 0 Å². The summed E-state index contributed by atoms with van der Waals surface area (Å²) in [5.74, 6) is 0.610. The second kappa shape index (κ2) is 10.1. The number of benzene rings is 1. The van der Waals surface area contributed by atoms with E-state index in [0.29, 0.717) is 51.6 Å². The van der Waals surface area contributed by atoms with Gasteiger partial charge in [-0.3, -0.25) is 19.0 Å². The molecule has 0 atom stereocenters. The van der Waals surface area contributed by atoms with E-state index in [1.54, 1.807) is 22.6 Å². The molecule has 10 nitrogen and oxygen atoms in total. The number of nitrogens with zero attached hydrogens (tertiary/aromatic N) is 5. The number of amides is 2. The van der Waals surface area contributed by atoms with Gasteiger partial charge in [-0.2, -0.15) is 0 Å². The highest BCUT2D eigenvalue weighted by molar-refractivity contribution is 5.87. The summed E-state index contributed by atoms with van der Waals surface area (Å²) in [5.41, 5.74) is 6.35. The van der Waals surface area contributed by atoms with Crippen molar-refractivity contribution in [1.82, 2.24) is 29.7 Å². The van der Waals surface area contributed by atoms with Crippen LogP contribution in [0.3, 0.4) is 0 Å². The summed E-state index contributed by atoms with van der Waals surface area (Å²) >= 11 is 0. The maximum Gasteiger partial charge on any atom is 0.245 e. The van der Waals surface area contributed by atoms with Crippen molar-refractivity contribution in [2.75, 3.05) is 38.0 Å². The van der Waals surface area contributed by atoms with Crippen molar-refractivity contribution in [1.29, 1.82) is 0 Å². The minimum absolute atomic E-state index is 0.0393. The Labute approximate surface area is 215 Å². The zero-order valence-corrected chi connectivity index (χ0v) is 21.4. The molecule has 0 aliphatic carbocycles. The van der Waals surface area contributed by atoms with Gasteiger partial charge in [0.05, 0.1) is 18.7 Å². The summed E-state index contributed by atoms with van der Waals surface area (Å²) < 4.78 is 1.79. The molecular formula is C27H31N7O3. The van der Waals surface area contributed by atoms with Crippen LogP contribution in [0.2, 0.25) is 0 Å². The lowest BCUT2D eigenvalue weighted by Crippen LogP contribution is -2.50. The van der Waals surface area contributed by atoms with Crippen LogP contribution in [-0.2, 0) is 22.6 Å². The number of fused-ring (bicyclic) bond motifs is 1. The van der Waals surface area contributed by atoms with Crippen molar-refractivity contribution in [3.05, 3.63) is 59.0 Å². The van der Waals surface area contributed by atoms with Crippen molar-refractivity contribution >= 4 is 29.4 Å². The zero-order valence-electron chi connectivity index (χ0n) is 21.4. The average Bonchev–Trinajstić information content (AvgIpc) is 3.16. The molecule has 192 valence electrons. The van der Waals surface area contributed by atoms with E-state index in [1.165, 1.54) is 0 Å². The Morgan fingerprint density at radius 3 is 2.38 bits per heavy atom. The van der Waals surface area contributed by atoms with Gasteiger partial charge in [0.2, 0.25) is 23.7 Å². The summed E-state index contributed by atoms with van der Waals surface area (Å²) in [5, 5.41) is 6.40. The molecule has 2 amide bonds. The normalized spacial score (nSPS) is 15.5. The number of anilines is 2. The first-order valence-corrected chi connectivity index (χ1v) is 12.5. The minimum Gasteiger partial charge on any atom is -0.339 e. The summed E-state index contributed by atoms with van der Waals surface area (Å²) in [6.07, 6.45) is 2.02. The zero-order chi connectivity index (χ0) is 26.1. The van der Waals surface area contributed by atoms with Crippen molar-refractivity contribution in [3.8, 4) is 11.3 Å². The fourth-order valence-corrected chi connectivity index (χ4v) is 5.14. The first-order chi connectivity index (χ1) is 17.8. The molecule has 0 radical (unpaired) electrons. The average molecular weight is 502 g/mol. The van der Waals surface area contributed by atoms with Crippen LogP contribution in [0.4, 0.5) is 11.6 Å². The van der Waals surface area contributed by atoms with Crippen LogP contribution in [0, 0.1) is 13.8 Å². The molecule has 0 saturated carbocycles. The van der Waals surface area contributed by atoms with Crippen LogP contribution < -0.4 is 10.6 Å². The molecule has 10 heteroatoms. The van der Waals surface area contributed by atoms with E-state index in [-0.39, 0.29) is 17.7 Å². The molecule has 2 aliphatic heterocycles. The monoisotopic (exact) mass is 501 g/mol. The number of piperazine rings is 1. The largest absolute Gasteiger partial charge is 0.339 e. The molecule has 2 aromatic heterocycles. The van der Waals surface area contributed by atoms with Gasteiger partial charge in [-0.25, -0.2) is 9.97 Å². The standard InChI is InChI=1S/C27H31N7O3/c1-17-23-15-28-16-25(37)34(23)18(2)26(17)22-8-9-29-27(31-22)30-21-6-4-20(5-7-21)14-24(36)33-12-10-32(11-13-33)19(3)35/h4-9,28H,10-16H2,1-3H3,(H,29,30,31). The van der Waals surface area contributed by atoms with Gasteiger partial charge in [-0.05, 0) is 43.2 Å². The van der Waals surface area contributed by atoms with Crippen molar-refractivity contribution in [3.63, 3.8) is 0 Å². The Morgan fingerprint density at radius 2 is 1.70 bits per heavy atom. The highest BCUT2D eigenvalue weighted by Gasteiger charge is 2.26. The molecule has 4 heterocycles. The van der Waals surface area contributed by atoms with Crippen LogP contribution in [0.15, 0.2) is 36.5 Å². The van der Waals surface area contributed by atoms with Crippen molar-refractivity contribution in [2.45, 2.75) is 33.7 Å². The van der Waals surface area contributed by atoms with Crippen LogP contribution in [0.25, 0.3) is 11.3 Å². The third kappa shape index (κ3) is 4.97. The second-order valence-corrected chi connectivity index (χ2v) is 9.52. The molecule has 5 rings (SSSR count). The lowest BCUT2D eigenvalue weighted by molar-refractivity contribution is -0.138. The van der Waals surface area contributed by atoms with Gasteiger partial charge in [-0.1, -0.05) is 12.1 Å². The van der Waals surface area contributed by atoms with Crippen LogP contribution in [0.5, 0.6) is 0 Å². The molecule has 37 heavy (non-hydrogen) atoms. The number of hydrogen-bond donors (Lipinski definition) is 2. The Hall–Kier alpha value is -4.05. The predicted octanol–water partition coefficient (Wildman–Crippen LogP) is 2.28. The molecule has 3 aromatic rings. The highest BCUT2D eigenvalue weighted by Crippen LogP contribution is 2.32.